The number of primary amides is 1. The molecule has 2 N–H and O–H groups in total. The molecule has 1 amide bonds. The molecule has 0 saturated carbocycles. The molecule has 7 nitrogen and oxygen atoms in total. The van der Waals surface area contributed by atoms with E-state index in [2.05, 4.69) is 14.7 Å². The fraction of sp³-hybridized carbons (Fsp3) is 0.182. The molecule has 1 aromatic heterocycles. The van der Waals surface area contributed by atoms with Gasteiger partial charge in [0.2, 0.25) is 11.7 Å². The maximum absolute atomic E-state index is 12.4. The van der Waals surface area contributed by atoms with Crippen LogP contribution in [0.15, 0.2) is 27.6 Å². The van der Waals surface area contributed by atoms with E-state index in [1.807, 2.05) is 0 Å². The summed E-state index contributed by atoms with van der Waals surface area (Å²) in [5, 5.41) is 3.13. The second-order valence-corrected chi connectivity index (χ2v) is 6.25. The minimum absolute atomic E-state index is 0.0651. The van der Waals surface area contributed by atoms with Gasteiger partial charge in [0.25, 0.3) is 0 Å². The van der Waals surface area contributed by atoms with Gasteiger partial charge in [-0.15, -0.1) is 0 Å². The van der Waals surface area contributed by atoms with E-state index in [0.29, 0.717) is 0 Å². The Bertz CT molecular complexity index is 843. The van der Waals surface area contributed by atoms with E-state index in [-0.39, 0.29) is 11.1 Å². The third-order valence-corrected chi connectivity index (χ3v) is 3.71. The van der Waals surface area contributed by atoms with Crippen molar-refractivity contribution in [2.45, 2.75) is 11.1 Å². The lowest BCUT2D eigenvalue weighted by Gasteiger charge is -2.06. The van der Waals surface area contributed by atoms with E-state index >= 15 is 0 Å². The average Bonchev–Trinajstić information content (AvgIpc) is 2.86. The Morgan fingerprint density at radius 1 is 1.32 bits per heavy atom. The zero-order valence-corrected chi connectivity index (χ0v) is 11.7. The van der Waals surface area contributed by atoms with Gasteiger partial charge in [-0.25, -0.2) is 8.42 Å². The van der Waals surface area contributed by atoms with Crippen LogP contribution in [0.25, 0.3) is 11.4 Å². The van der Waals surface area contributed by atoms with E-state index in [0.717, 1.165) is 18.4 Å². The van der Waals surface area contributed by atoms with Crippen molar-refractivity contribution in [2.24, 2.45) is 5.73 Å². The lowest BCUT2D eigenvalue weighted by atomic mass is 10.1. The molecular weight excluding hydrogens is 327 g/mol. The number of aromatic nitrogens is 2. The number of carbonyl (C=O) groups excluding carboxylic acids is 1. The highest BCUT2D eigenvalue weighted by Crippen LogP contribution is 2.30. The van der Waals surface area contributed by atoms with Crippen molar-refractivity contribution in [1.82, 2.24) is 10.1 Å². The lowest BCUT2D eigenvalue weighted by molar-refractivity contribution is -0.159. The number of benzene rings is 1. The highest BCUT2D eigenvalue weighted by atomic mass is 32.2. The number of nitrogens with two attached hydrogens (primary N) is 1. The summed E-state index contributed by atoms with van der Waals surface area (Å²) in [6, 6.07) is 3.19. The number of rotatable bonds is 3. The van der Waals surface area contributed by atoms with Gasteiger partial charge < -0.3 is 10.3 Å². The summed E-state index contributed by atoms with van der Waals surface area (Å²) in [5.41, 5.74) is 4.71. The minimum Gasteiger partial charge on any atom is -0.366 e. The quantitative estimate of drug-likeness (QED) is 0.902. The predicted octanol–water partition coefficient (Wildman–Crippen LogP) is 1.26. The van der Waals surface area contributed by atoms with Gasteiger partial charge in [-0.1, -0.05) is 11.2 Å². The highest BCUT2D eigenvalue weighted by molar-refractivity contribution is 7.90. The van der Waals surface area contributed by atoms with Crippen molar-refractivity contribution >= 4 is 15.7 Å². The summed E-state index contributed by atoms with van der Waals surface area (Å²) in [4.78, 5) is 13.9. The Hall–Kier alpha value is -2.43. The van der Waals surface area contributed by atoms with Gasteiger partial charge in [0.1, 0.15) is 0 Å². The van der Waals surface area contributed by atoms with Crippen LogP contribution in [0, 0.1) is 0 Å². The van der Waals surface area contributed by atoms with Crippen LogP contribution >= 0.6 is 0 Å². The van der Waals surface area contributed by atoms with Crippen LogP contribution in [0.3, 0.4) is 0 Å². The van der Waals surface area contributed by atoms with E-state index in [1.165, 1.54) is 6.07 Å². The molecule has 22 heavy (non-hydrogen) atoms. The Morgan fingerprint density at radius 2 is 1.95 bits per heavy atom. The molecule has 0 unspecified atom stereocenters. The SMILES string of the molecule is CS(=O)(=O)c1cc(-c2noc(C(F)(F)F)n2)ccc1C(N)=O. The molecule has 1 aromatic carbocycles. The van der Waals surface area contributed by atoms with Crippen LogP contribution in [0.4, 0.5) is 13.2 Å². The number of halogens is 3. The summed E-state index contributed by atoms with van der Waals surface area (Å²) >= 11 is 0. The first-order valence-electron chi connectivity index (χ1n) is 5.55. The maximum atomic E-state index is 12.4. The van der Waals surface area contributed by atoms with Gasteiger partial charge in [0.15, 0.2) is 9.84 Å². The number of hydrogen-bond donors (Lipinski definition) is 1. The summed E-state index contributed by atoms with van der Waals surface area (Å²) < 4.78 is 64.6. The van der Waals surface area contributed by atoms with Crippen LogP contribution in [-0.4, -0.2) is 30.7 Å². The maximum Gasteiger partial charge on any atom is 0.471 e. The third kappa shape index (κ3) is 3.08. The topological polar surface area (TPSA) is 116 Å². The fourth-order valence-electron chi connectivity index (χ4n) is 1.63. The van der Waals surface area contributed by atoms with E-state index in [1.54, 1.807) is 0 Å². The molecule has 0 atom stereocenters. The van der Waals surface area contributed by atoms with Crippen LogP contribution < -0.4 is 5.73 Å². The van der Waals surface area contributed by atoms with Crippen molar-refractivity contribution in [2.75, 3.05) is 6.26 Å². The molecule has 0 radical (unpaired) electrons. The second kappa shape index (κ2) is 5.09. The third-order valence-electron chi connectivity index (χ3n) is 2.57. The fourth-order valence-corrected chi connectivity index (χ4v) is 2.54. The molecule has 0 aliphatic carbocycles. The van der Waals surface area contributed by atoms with Crippen LogP contribution in [-0.2, 0) is 16.0 Å². The number of hydrogen-bond acceptors (Lipinski definition) is 6. The summed E-state index contributed by atoms with van der Waals surface area (Å²) in [5.74, 6) is -3.02. The number of carbonyl (C=O) groups is 1. The number of alkyl halides is 3. The molecule has 0 saturated heterocycles. The van der Waals surface area contributed by atoms with Crippen molar-refractivity contribution in [3.05, 3.63) is 29.7 Å². The van der Waals surface area contributed by atoms with Crippen molar-refractivity contribution in [3.8, 4) is 11.4 Å². The normalized spacial score (nSPS) is 12.4. The minimum atomic E-state index is -4.82. The molecule has 2 aromatic rings. The second-order valence-electron chi connectivity index (χ2n) is 4.27. The highest BCUT2D eigenvalue weighted by Gasteiger charge is 2.38. The molecule has 0 fully saturated rings. The van der Waals surface area contributed by atoms with Crippen LogP contribution in [0.2, 0.25) is 0 Å². The summed E-state index contributed by atoms with van der Waals surface area (Å²) in [7, 11) is -3.84. The van der Waals surface area contributed by atoms with Crippen molar-refractivity contribution in [3.63, 3.8) is 0 Å². The molecular formula is C11H8F3N3O4S. The molecule has 0 aliphatic heterocycles. The predicted molar refractivity (Wildman–Crippen MR) is 66.4 cm³/mol. The number of nitrogens with zero attached hydrogens (tertiary/aromatic N) is 2. The van der Waals surface area contributed by atoms with Crippen LogP contribution in [0.5, 0.6) is 0 Å². The van der Waals surface area contributed by atoms with Crippen molar-refractivity contribution in [1.29, 1.82) is 0 Å². The van der Waals surface area contributed by atoms with E-state index < -0.39 is 38.5 Å². The average molecular weight is 335 g/mol. The van der Waals surface area contributed by atoms with Gasteiger partial charge in [-0.05, 0) is 12.1 Å². The molecule has 0 aliphatic rings. The largest absolute Gasteiger partial charge is 0.471 e. The van der Waals surface area contributed by atoms with Crippen LogP contribution in [0.1, 0.15) is 16.2 Å². The molecule has 0 bridgehead atoms. The Balaban J connectivity index is 2.59. The molecule has 118 valence electrons. The monoisotopic (exact) mass is 335 g/mol. The zero-order valence-electron chi connectivity index (χ0n) is 10.9. The van der Waals surface area contributed by atoms with Crippen molar-refractivity contribution < 1.29 is 30.9 Å². The Morgan fingerprint density at radius 3 is 2.41 bits per heavy atom. The summed E-state index contributed by atoms with van der Waals surface area (Å²) in [6.07, 6.45) is -3.99. The zero-order chi connectivity index (χ0) is 16.7. The summed E-state index contributed by atoms with van der Waals surface area (Å²) in [6.45, 7) is 0. The molecule has 0 spiro atoms. The van der Waals surface area contributed by atoms with E-state index in [4.69, 9.17) is 5.73 Å². The first-order valence-corrected chi connectivity index (χ1v) is 7.44. The molecule has 11 heteroatoms. The Labute approximate surface area is 121 Å². The first kappa shape index (κ1) is 15.9. The standard InChI is InChI=1S/C11H8F3N3O4S/c1-22(19,20)7-4-5(2-3-6(7)8(15)18)9-16-10(21-17-9)11(12,13)14/h2-4H,1H3,(H2,15,18). The number of sulfone groups is 1. The molecule has 2 rings (SSSR count). The van der Waals surface area contributed by atoms with Gasteiger partial charge >= 0.3 is 12.1 Å². The van der Waals surface area contributed by atoms with Gasteiger partial charge in [0.05, 0.1) is 10.5 Å². The van der Waals surface area contributed by atoms with Gasteiger partial charge in [-0.2, -0.15) is 18.2 Å². The smallest absolute Gasteiger partial charge is 0.366 e. The first-order chi connectivity index (χ1) is 10.00. The molecule has 1 heterocycles. The van der Waals surface area contributed by atoms with Gasteiger partial charge in [-0.3, -0.25) is 4.79 Å². The lowest BCUT2D eigenvalue weighted by Crippen LogP contribution is -2.16. The van der Waals surface area contributed by atoms with Gasteiger partial charge in [0, 0.05) is 11.8 Å². The Kier molecular flexibility index (Phi) is 3.69. The van der Waals surface area contributed by atoms with E-state index in [9.17, 15) is 26.4 Å². The number of amides is 1.